The average molecular weight is 337 g/mol. The summed E-state index contributed by atoms with van der Waals surface area (Å²) in [7, 11) is 0. The normalized spacial score (nSPS) is 25.8. The van der Waals surface area contributed by atoms with E-state index in [4.69, 9.17) is 9.47 Å². The summed E-state index contributed by atoms with van der Waals surface area (Å²) < 4.78 is 11.5. The summed E-state index contributed by atoms with van der Waals surface area (Å²) >= 11 is 0. The van der Waals surface area contributed by atoms with Crippen LogP contribution in [0.3, 0.4) is 0 Å². The fourth-order valence-corrected chi connectivity index (χ4v) is 3.71. The first-order chi connectivity index (χ1) is 12.3. The fraction of sp³-hybridized carbons (Fsp3) is 0.381. The molecule has 1 heterocycles. The molecule has 1 saturated carbocycles. The van der Waals surface area contributed by atoms with E-state index in [9.17, 15) is 4.79 Å². The molecule has 1 amide bonds. The number of carbonyl (C=O) groups excluding carboxylic acids is 1. The molecule has 1 N–H and O–H groups in total. The lowest BCUT2D eigenvalue weighted by molar-refractivity contribution is -0.157. The molecule has 0 spiro atoms. The molecule has 4 rings (SSSR count). The minimum absolute atomic E-state index is 0.0141. The van der Waals surface area contributed by atoms with Crippen LogP contribution >= 0.6 is 0 Å². The molecule has 4 heteroatoms. The number of ether oxygens (including phenoxy) is 2. The van der Waals surface area contributed by atoms with E-state index in [2.05, 4.69) is 17.4 Å². The highest BCUT2D eigenvalue weighted by atomic mass is 16.6. The van der Waals surface area contributed by atoms with Crippen molar-refractivity contribution in [2.24, 2.45) is 0 Å². The second-order valence-electron chi connectivity index (χ2n) is 6.75. The SMILES string of the molecule is O=C(N[C@@H]1CC[C@@H]2OCCO[C@H]2C1)c1ccc(-c2ccccc2)cc1. The standard InChI is InChI=1S/C21H23NO3/c23-21(22-18-10-11-19-20(14-18)25-13-12-24-19)17-8-6-16(7-9-17)15-4-2-1-3-5-15/h1-9,18-20H,10-14H2,(H,22,23)/t18-,19+,20+/m1/s1. The quantitative estimate of drug-likeness (QED) is 0.933. The van der Waals surface area contributed by atoms with Gasteiger partial charge in [-0.25, -0.2) is 0 Å². The summed E-state index contributed by atoms with van der Waals surface area (Å²) in [6.45, 7) is 1.34. The second kappa shape index (κ2) is 7.38. The topological polar surface area (TPSA) is 47.6 Å². The lowest BCUT2D eigenvalue weighted by Gasteiger charge is -2.39. The summed E-state index contributed by atoms with van der Waals surface area (Å²) in [4.78, 5) is 12.5. The summed E-state index contributed by atoms with van der Waals surface area (Å²) in [5, 5.41) is 3.15. The molecule has 3 atom stereocenters. The monoisotopic (exact) mass is 337 g/mol. The van der Waals surface area contributed by atoms with E-state index in [0.29, 0.717) is 18.8 Å². The van der Waals surface area contributed by atoms with Crippen LogP contribution in [0.4, 0.5) is 0 Å². The number of amides is 1. The molecule has 0 aromatic heterocycles. The van der Waals surface area contributed by atoms with Crippen LogP contribution in [0, 0.1) is 0 Å². The van der Waals surface area contributed by atoms with E-state index in [0.717, 1.165) is 30.4 Å². The van der Waals surface area contributed by atoms with Gasteiger partial charge in [0.15, 0.2) is 0 Å². The van der Waals surface area contributed by atoms with Crippen molar-refractivity contribution in [3.63, 3.8) is 0 Å². The minimum Gasteiger partial charge on any atom is -0.373 e. The number of rotatable bonds is 3. The highest BCUT2D eigenvalue weighted by Gasteiger charge is 2.34. The van der Waals surface area contributed by atoms with Crippen LogP contribution in [0.2, 0.25) is 0 Å². The first-order valence-electron chi connectivity index (χ1n) is 8.99. The Kier molecular flexibility index (Phi) is 4.81. The predicted molar refractivity (Wildman–Crippen MR) is 96.5 cm³/mol. The molecule has 0 unspecified atom stereocenters. The van der Waals surface area contributed by atoms with Crippen molar-refractivity contribution in [2.45, 2.75) is 37.5 Å². The highest BCUT2D eigenvalue weighted by molar-refractivity contribution is 5.94. The molecule has 0 radical (unpaired) electrons. The molecule has 0 bridgehead atoms. The molecule has 2 aliphatic rings. The van der Waals surface area contributed by atoms with Crippen molar-refractivity contribution in [1.82, 2.24) is 5.32 Å². The molecular formula is C21H23NO3. The third kappa shape index (κ3) is 3.75. The highest BCUT2D eigenvalue weighted by Crippen LogP contribution is 2.27. The zero-order valence-electron chi connectivity index (χ0n) is 14.2. The van der Waals surface area contributed by atoms with Crippen LogP contribution < -0.4 is 5.32 Å². The van der Waals surface area contributed by atoms with E-state index >= 15 is 0 Å². The Morgan fingerprint density at radius 3 is 2.28 bits per heavy atom. The molecule has 25 heavy (non-hydrogen) atoms. The number of fused-ring (bicyclic) bond motifs is 1. The molecule has 130 valence electrons. The average Bonchev–Trinajstić information content (AvgIpc) is 2.69. The number of benzene rings is 2. The van der Waals surface area contributed by atoms with Crippen molar-refractivity contribution >= 4 is 5.91 Å². The maximum atomic E-state index is 12.5. The maximum absolute atomic E-state index is 12.5. The van der Waals surface area contributed by atoms with Crippen LogP contribution in [0.25, 0.3) is 11.1 Å². The van der Waals surface area contributed by atoms with Crippen molar-refractivity contribution < 1.29 is 14.3 Å². The number of hydrogen-bond donors (Lipinski definition) is 1. The number of hydrogen-bond acceptors (Lipinski definition) is 3. The number of nitrogens with one attached hydrogen (secondary N) is 1. The van der Waals surface area contributed by atoms with Crippen molar-refractivity contribution in [3.05, 3.63) is 60.2 Å². The van der Waals surface area contributed by atoms with Crippen LogP contribution in [0.5, 0.6) is 0 Å². The van der Waals surface area contributed by atoms with Gasteiger partial charge in [-0.15, -0.1) is 0 Å². The Bertz CT molecular complexity index is 714. The van der Waals surface area contributed by atoms with E-state index in [1.807, 2.05) is 42.5 Å². The van der Waals surface area contributed by atoms with Gasteiger partial charge in [0.25, 0.3) is 5.91 Å². The predicted octanol–water partition coefficient (Wildman–Crippen LogP) is 3.42. The van der Waals surface area contributed by atoms with Gasteiger partial charge in [-0.05, 0) is 42.5 Å². The molecule has 1 aliphatic heterocycles. The second-order valence-corrected chi connectivity index (χ2v) is 6.75. The molecule has 2 fully saturated rings. The summed E-state index contributed by atoms with van der Waals surface area (Å²) in [6.07, 6.45) is 3.04. The van der Waals surface area contributed by atoms with Gasteiger partial charge in [-0.2, -0.15) is 0 Å². The Morgan fingerprint density at radius 2 is 1.52 bits per heavy atom. The largest absolute Gasteiger partial charge is 0.373 e. The first kappa shape index (κ1) is 16.3. The molecule has 4 nitrogen and oxygen atoms in total. The van der Waals surface area contributed by atoms with Gasteiger partial charge in [0.1, 0.15) is 0 Å². The van der Waals surface area contributed by atoms with E-state index in [1.54, 1.807) is 0 Å². The van der Waals surface area contributed by atoms with E-state index < -0.39 is 0 Å². The molecule has 1 aliphatic carbocycles. The molecular weight excluding hydrogens is 314 g/mol. The summed E-state index contributed by atoms with van der Waals surface area (Å²) in [5.41, 5.74) is 2.97. The summed E-state index contributed by atoms with van der Waals surface area (Å²) in [6, 6.07) is 18.1. The van der Waals surface area contributed by atoms with Crippen molar-refractivity contribution in [1.29, 1.82) is 0 Å². The number of carbonyl (C=O) groups is 1. The molecule has 2 aromatic carbocycles. The Balaban J connectivity index is 1.38. The van der Waals surface area contributed by atoms with Crippen LogP contribution in [0.1, 0.15) is 29.6 Å². The van der Waals surface area contributed by atoms with Gasteiger partial charge in [0.2, 0.25) is 0 Å². The minimum atomic E-state index is -0.0141. The first-order valence-corrected chi connectivity index (χ1v) is 8.99. The zero-order valence-corrected chi connectivity index (χ0v) is 14.2. The van der Waals surface area contributed by atoms with Gasteiger partial charge < -0.3 is 14.8 Å². The van der Waals surface area contributed by atoms with Crippen molar-refractivity contribution in [3.8, 4) is 11.1 Å². The lowest BCUT2D eigenvalue weighted by Crippen LogP contribution is -2.49. The Morgan fingerprint density at radius 1 is 0.840 bits per heavy atom. The van der Waals surface area contributed by atoms with Crippen LogP contribution in [0.15, 0.2) is 54.6 Å². The van der Waals surface area contributed by atoms with Crippen LogP contribution in [-0.2, 0) is 9.47 Å². The van der Waals surface area contributed by atoms with Gasteiger partial charge in [-0.1, -0.05) is 42.5 Å². The van der Waals surface area contributed by atoms with E-state index in [1.165, 1.54) is 0 Å². The van der Waals surface area contributed by atoms with Gasteiger partial charge in [0, 0.05) is 11.6 Å². The molecule has 2 aromatic rings. The maximum Gasteiger partial charge on any atom is 0.251 e. The zero-order chi connectivity index (χ0) is 17.1. The van der Waals surface area contributed by atoms with Crippen molar-refractivity contribution in [2.75, 3.05) is 13.2 Å². The fourth-order valence-electron chi connectivity index (χ4n) is 3.71. The Labute approximate surface area is 148 Å². The molecule has 1 saturated heterocycles. The van der Waals surface area contributed by atoms with Crippen LogP contribution in [-0.4, -0.2) is 37.4 Å². The third-order valence-electron chi connectivity index (χ3n) is 5.07. The smallest absolute Gasteiger partial charge is 0.251 e. The van der Waals surface area contributed by atoms with Gasteiger partial charge >= 0.3 is 0 Å². The lowest BCUT2D eigenvalue weighted by atomic mass is 9.89. The van der Waals surface area contributed by atoms with E-state index in [-0.39, 0.29) is 24.2 Å². The third-order valence-corrected chi connectivity index (χ3v) is 5.07. The van der Waals surface area contributed by atoms with Gasteiger partial charge in [-0.3, -0.25) is 4.79 Å². The van der Waals surface area contributed by atoms with Gasteiger partial charge in [0.05, 0.1) is 25.4 Å². The Hall–Kier alpha value is -2.17. The summed E-state index contributed by atoms with van der Waals surface area (Å²) in [5.74, 6) is -0.0141.